The van der Waals surface area contributed by atoms with E-state index < -0.39 is 8.07 Å². The fourth-order valence-corrected chi connectivity index (χ4v) is 4.09. The molecule has 4 aromatic rings. The predicted molar refractivity (Wildman–Crippen MR) is 109 cm³/mol. The third-order valence-electron chi connectivity index (χ3n) is 4.38. The molecule has 130 valence electrons. The Morgan fingerprint density at radius 3 is 2.88 bits per heavy atom. The van der Waals surface area contributed by atoms with Crippen LogP contribution >= 0.6 is 15.9 Å². The van der Waals surface area contributed by atoms with Crippen molar-refractivity contribution in [3.63, 3.8) is 0 Å². The Morgan fingerprint density at radius 2 is 2.08 bits per heavy atom. The van der Waals surface area contributed by atoms with Gasteiger partial charge in [-0.25, -0.2) is 4.98 Å². The standard InChI is InChI=1S/C18H21BrN4OSi/c1-25(2,3)7-6-24-11-23-16-5-4-14-17(13(16)10-21-23)18-15(22-14)8-12(19)9-20-18/h4-5,8-10,21H,6-7,11H2,1-3H3. The van der Waals surface area contributed by atoms with E-state index in [1.165, 1.54) is 6.04 Å². The highest BCUT2D eigenvalue weighted by atomic mass is 79.9. The molecule has 0 fully saturated rings. The number of halogens is 1. The number of ether oxygens (including phenoxy) is 1. The topological polar surface area (TPSA) is 55.7 Å². The van der Waals surface area contributed by atoms with E-state index in [4.69, 9.17) is 9.72 Å². The average molecular weight is 417 g/mol. The first kappa shape index (κ1) is 16.7. The van der Waals surface area contributed by atoms with Gasteiger partial charge in [0.05, 0.1) is 22.1 Å². The van der Waals surface area contributed by atoms with Crippen LogP contribution in [0.25, 0.3) is 32.8 Å². The first-order valence-corrected chi connectivity index (χ1v) is 12.9. The van der Waals surface area contributed by atoms with Crippen molar-refractivity contribution in [1.82, 2.24) is 19.7 Å². The molecule has 0 aliphatic carbocycles. The zero-order chi connectivity index (χ0) is 17.6. The summed E-state index contributed by atoms with van der Waals surface area (Å²) in [5, 5.41) is 5.53. The first-order valence-electron chi connectivity index (χ1n) is 8.42. The van der Waals surface area contributed by atoms with Gasteiger partial charge in [0.2, 0.25) is 0 Å². The van der Waals surface area contributed by atoms with Gasteiger partial charge in [-0.15, -0.1) is 0 Å². The van der Waals surface area contributed by atoms with Gasteiger partial charge < -0.3 is 9.84 Å². The highest BCUT2D eigenvalue weighted by Crippen LogP contribution is 2.31. The van der Waals surface area contributed by atoms with Crippen LogP contribution in [0.3, 0.4) is 0 Å². The Morgan fingerprint density at radius 1 is 1.24 bits per heavy atom. The number of benzene rings is 1. The Kier molecular flexibility index (Phi) is 4.17. The van der Waals surface area contributed by atoms with Crippen LogP contribution < -0.4 is 0 Å². The van der Waals surface area contributed by atoms with Crippen molar-refractivity contribution < 1.29 is 4.74 Å². The summed E-state index contributed by atoms with van der Waals surface area (Å²) < 4.78 is 8.87. The molecule has 0 unspecified atom stereocenters. The van der Waals surface area contributed by atoms with Crippen LogP contribution in [0.5, 0.6) is 0 Å². The van der Waals surface area contributed by atoms with Crippen molar-refractivity contribution in [2.24, 2.45) is 0 Å². The molecule has 7 heteroatoms. The lowest BCUT2D eigenvalue weighted by molar-refractivity contribution is 0.0817. The molecule has 0 aliphatic rings. The van der Waals surface area contributed by atoms with Crippen LogP contribution in [0.1, 0.15) is 0 Å². The molecule has 1 N–H and O–H groups in total. The number of hydrogen-bond donors (Lipinski definition) is 1. The average Bonchev–Trinajstić information content (AvgIpc) is 3.10. The second kappa shape index (κ2) is 6.23. The summed E-state index contributed by atoms with van der Waals surface area (Å²) >= 11 is 3.47. The van der Waals surface area contributed by atoms with Crippen LogP contribution in [0.4, 0.5) is 0 Å². The van der Waals surface area contributed by atoms with Gasteiger partial charge in [0.25, 0.3) is 0 Å². The molecule has 3 aromatic heterocycles. The first-order chi connectivity index (χ1) is 11.9. The fourth-order valence-electron chi connectivity index (χ4n) is 3.01. The second-order valence-electron chi connectivity index (χ2n) is 7.58. The third kappa shape index (κ3) is 3.23. The van der Waals surface area contributed by atoms with E-state index in [1.54, 1.807) is 0 Å². The number of nitrogens with zero attached hydrogens (tertiary/aromatic N) is 3. The van der Waals surface area contributed by atoms with Crippen LogP contribution in [-0.4, -0.2) is 34.4 Å². The number of aromatic nitrogens is 4. The van der Waals surface area contributed by atoms with Crippen molar-refractivity contribution in [3.05, 3.63) is 35.1 Å². The fraction of sp³-hybridized carbons (Fsp3) is 0.333. The molecule has 0 saturated carbocycles. The normalized spacial score (nSPS) is 12.6. The SMILES string of the molecule is C[Si](C)(C)CCOCn1[nH]cc2c3c(ccc21)nc1cc(Br)cnc13. The Bertz CT molecular complexity index is 1060. The number of rotatable bonds is 5. The van der Waals surface area contributed by atoms with E-state index in [9.17, 15) is 0 Å². The smallest absolute Gasteiger partial charge is 0.137 e. The highest BCUT2D eigenvalue weighted by Gasteiger charge is 2.14. The van der Waals surface area contributed by atoms with Gasteiger partial charge in [0, 0.05) is 42.3 Å². The lowest BCUT2D eigenvalue weighted by Gasteiger charge is -2.15. The van der Waals surface area contributed by atoms with E-state index in [0.717, 1.165) is 43.9 Å². The number of pyridine rings is 1. The molecule has 4 rings (SSSR count). The summed E-state index contributed by atoms with van der Waals surface area (Å²) in [4.78, 5) is 9.27. The Balaban J connectivity index is 1.69. The quantitative estimate of drug-likeness (QED) is 0.361. The van der Waals surface area contributed by atoms with Crippen molar-refractivity contribution in [1.29, 1.82) is 0 Å². The monoisotopic (exact) mass is 416 g/mol. The van der Waals surface area contributed by atoms with E-state index in [2.05, 4.69) is 57.8 Å². The summed E-state index contributed by atoms with van der Waals surface area (Å²) in [6, 6.07) is 7.33. The molecule has 1 aromatic carbocycles. The molecule has 0 saturated heterocycles. The molecule has 0 atom stereocenters. The van der Waals surface area contributed by atoms with Crippen molar-refractivity contribution >= 4 is 56.8 Å². The van der Waals surface area contributed by atoms with Gasteiger partial charge in [-0.1, -0.05) is 19.6 Å². The Hall–Kier alpha value is -1.70. The lowest BCUT2D eigenvalue weighted by Crippen LogP contribution is -2.22. The molecule has 0 spiro atoms. The van der Waals surface area contributed by atoms with Gasteiger partial charge in [-0.2, -0.15) is 0 Å². The maximum atomic E-state index is 5.89. The zero-order valence-electron chi connectivity index (χ0n) is 14.6. The molecule has 0 bridgehead atoms. The van der Waals surface area contributed by atoms with Crippen molar-refractivity contribution in [2.75, 3.05) is 6.61 Å². The zero-order valence-corrected chi connectivity index (χ0v) is 17.2. The number of fused-ring (bicyclic) bond motifs is 5. The van der Waals surface area contributed by atoms with Gasteiger partial charge in [-0.05, 0) is 40.2 Å². The van der Waals surface area contributed by atoms with Crippen LogP contribution in [0.15, 0.2) is 35.1 Å². The van der Waals surface area contributed by atoms with E-state index in [0.29, 0.717) is 6.73 Å². The van der Waals surface area contributed by atoms with Crippen LogP contribution in [-0.2, 0) is 11.5 Å². The third-order valence-corrected chi connectivity index (χ3v) is 6.52. The predicted octanol–water partition coefficient (Wildman–Crippen LogP) is 5.14. The minimum Gasteiger partial charge on any atom is -0.360 e. The minimum absolute atomic E-state index is 0.532. The summed E-state index contributed by atoms with van der Waals surface area (Å²) in [5.41, 5.74) is 3.93. The lowest BCUT2D eigenvalue weighted by atomic mass is 10.1. The van der Waals surface area contributed by atoms with E-state index in [-0.39, 0.29) is 0 Å². The molecular formula is C18H21BrN4OSi. The Labute approximate surface area is 155 Å². The molecule has 0 aliphatic heterocycles. The van der Waals surface area contributed by atoms with E-state index >= 15 is 0 Å². The maximum absolute atomic E-state index is 5.89. The number of nitrogens with one attached hydrogen (secondary N) is 1. The molecule has 5 nitrogen and oxygen atoms in total. The van der Waals surface area contributed by atoms with Gasteiger partial charge >= 0.3 is 0 Å². The summed E-state index contributed by atoms with van der Waals surface area (Å²) in [6.45, 7) is 8.43. The minimum atomic E-state index is -1.06. The molecule has 3 heterocycles. The largest absolute Gasteiger partial charge is 0.360 e. The highest BCUT2D eigenvalue weighted by molar-refractivity contribution is 9.10. The van der Waals surface area contributed by atoms with Gasteiger partial charge in [0.15, 0.2) is 0 Å². The maximum Gasteiger partial charge on any atom is 0.137 e. The number of aromatic amines is 1. The van der Waals surface area contributed by atoms with Crippen molar-refractivity contribution in [2.45, 2.75) is 32.4 Å². The summed E-state index contributed by atoms with van der Waals surface area (Å²) in [6.07, 6.45) is 3.84. The van der Waals surface area contributed by atoms with Crippen LogP contribution in [0.2, 0.25) is 25.7 Å². The molecule has 25 heavy (non-hydrogen) atoms. The molecule has 0 radical (unpaired) electrons. The summed E-state index contributed by atoms with van der Waals surface area (Å²) in [7, 11) is -1.06. The van der Waals surface area contributed by atoms with Gasteiger partial charge in [0.1, 0.15) is 6.73 Å². The van der Waals surface area contributed by atoms with E-state index in [1.807, 2.05) is 23.1 Å². The van der Waals surface area contributed by atoms with Crippen molar-refractivity contribution in [3.8, 4) is 0 Å². The molecule has 0 amide bonds. The van der Waals surface area contributed by atoms with Crippen LogP contribution in [0, 0.1) is 0 Å². The number of H-pyrrole nitrogens is 1. The molecular weight excluding hydrogens is 396 g/mol. The van der Waals surface area contributed by atoms with Gasteiger partial charge in [-0.3, -0.25) is 9.67 Å². The second-order valence-corrected chi connectivity index (χ2v) is 14.1. The number of hydrogen-bond acceptors (Lipinski definition) is 3. The summed E-state index contributed by atoms with van der Waals surface area (Å²) in [5.74, 6) is 0.